The molecule has 0 saturated heterocycles. The van der Waals surface area contributed by atoms with Crippen molar-refractivity contribution in [3.05, 3.63) is 60.1 Å². The fourth-order valence-corrected chi connectivity index (χ4v) is 2.80. The average Bonchev–Trinajstić information content (AvgIpc) is 3.11. The molecule has 7 heteroatoms. The second kappa shape index (κ2) is 6.78. The van der Waals surface area contributed by atoms with Gasteiger partial charge in [-0.3, -0.25) is 4.90 Å². The Balaban J connectivity index is 1.44. The van der Waals surface area contributed by atoms with E-state index in [-0.39, 0.29) is 5.82 Å². The van der Waals surface area contributed by atoms with Gasteiger partial charge in [0.15, 0.2) is 5.82 Å². The second-order valence-corrected chi connectivity index (χ2v) is 6.26. The Hall–Kier alpha value is -2.51. The van der Waals surface area contributed by atoms with E-state index >= 15 is 0 Å². The first-order chi connectivity index (χ1) is 12.2. The average molecular weight is 343 g/mol. The molecule has 1 aliphatic rings. The molecule has 130 valence electrons. The molecular formula is C18H18FN3O3. The van der Waals surface area contributed by atoms with Crippen LogP contribution in [0.2, 0.25) is 0 Å². The van der Waals surface area contributed by atoms with Gasteiger partial charge in [-0.1, -0.05) is 17.3 Å². The molecule has 0 bridgehead atoms. The number of aliphatic hydroxyl groups excluding tert-OH is 1. The van der Waals surface area contributed by atoms with Crippen LogP contribution in [0.25, 0.3) is 11.5 Å². The van der Waals surface area contributed by atoms with E-state index in [4.69, 9.17) is 8.94 Å². The van der Waals surface area contributed by atoms with Crippen LogP contribution in [0.15, 0.2) is 51.8 Å². The van der Waals surface area contributed by atoms with Crippen molar-refractivity contribution in [1.82, 2.24) is 15.0 Å². The summed E-state index contributed by atoms with van der Waals surface area (Å²) in [5, 5.41) is 14.5. The SMILES string of the molecule is OC(CN(Cc1noc(-c2ccoc2)n1)C1CC1)c1ccc(F)cc1. The van der Waals surface area contributed by atoms with E-state index < -0.39 is 6.10 Å². The molecule has 1 aliphatic carbocycles. The third kappa shape index (κ3) is 3.78. The highest BCUT2D eigenvalue weighted by Crippen LogP contribution is 2.30. The first-order valence-corrected chi connectivity index (χ1v) is 8.22. The van der Waals surface area contributed by atoms with Gasteiger partial charge in [0.2, 0.25) is 0 Å². The Morgan fingerprint density at radius 3 is 2.72 bits per heavy atom. The first kappa shape index (κ1) is 16.0. The summed E-state index contributed by atoms with van der Waals surface area (Å²) in [6.07, 6.45) is 4.58. The van der Waals surface area contributed by atoms with Gasteiger partial charge in [0, 0.05) is 12.6 Å². The smallest absolute Gasteiger partial charge is 0.261 e. The standard InChI is InChI=1S/C18H18FN3O3/c19-14-3-1-12(2-4-14)16(23)9-22(15-5-6-15)10-17-20-18(25-21-17)13-7-8-24-11-13/h1-4,7-8,11,15-16,23H,5-6,9-10H2. The van der Waals surface area contributed by atoms with Gasteiger partial charge in [-0.05, 0) is 36.6 Å². The quantitative estimate of drug-likeness (QED) is 0.710. The topological polar surface area (TPSA) is 75.5 Å². The Morgan fingerprint density at radius 2 is 2.04 bits per heavy atom. The predicted molar refractivity (Wildman–Crippen MR) is 86.8 cm³/mol. The van der Waals surface area contributed by atoms with Crippen molar-refractivity contribution in [2.75, 3.05) is 6.54 Å². The maximum atomic E-state index is 13.0. The molecule has 25 heavy (non-hydrogen) atoms. The van der Waals surface area contributed by atoms with E-state index in [1.165, 1.54) is 12.1 Å². The lowest BCUT2D eigenvalue weighted by atomic mass is 10.1. The molecule has 1 saturated carbocycles. The molecule has 6 nitrogen and oxygen atoms in total. The van der Waals surface area contributed by atoms with Gasteiger partial charge in [0.1, 0.15) is 12.1 Å². The molecule has 1 fully saturated rings. The highest BCUT2D eigenvalue weighted by Gasteiger charge is 2.31. The van der Waals surface area contributed by atoms with Crippen LogP contribution in [0.1, 0.15) is 30.3 Å². The fourth-order valence-electron chi connectivity index (χ4n) is 2.80. The van der Waals surface area contributed by atoms with Crippen LogP contribution in [-0.4, -0.2) is 32.7 Å². The largest absolute Gasteiger partial charge is 0.472 e. The van der Waals surface area contributed by atoms with Gasteiger partial charge in [0.05, 0.1) is 24.5 Å². The van der Waals surface area contributed by atoms with Gasteiger partial charge in [-0.15, -0.1) is 0 Å². The number of aliphatic hydroxyl groups is 1. The zero-order valence-corrected chi connectivity index (χ0v) is 13.5. The summed E-state index contributed by atoms with van der Waals surface area (Å²) in [7, 11) is 0. The zero-order valence-electron chi connectivity index (χ0n) is 13.5. The third-order valence-electron chi connectivity index (χ3n) is 4.31. The van der Waals surface area contributed by atoms with Crippen LogP contribution in [-0.2, 0) is 6.54 Å². The highest BCUT2D eigenvalue weighted by molar-refractivity contribution is 5.49. The van der Waals surface area contributed by atoms with Gasteiger partial charge in [-0.25, -0.2) is 4.39 Å². The highest BCUT2D eigenvalue weighted by atomic mass is 19.1. The van der Waals surface area contributed by atoms with Crippen molar-refractivity contribution >= 4 is 0 Å². The van der Waals surface area contributed by atoms with E-state index in [0.29, 0.717) is 36.4 Å². The Bertz CT molecular complexity index is 812. The van der Waals surface area contributed by atoms with Gasteiger partial charge in [-0.2, -0.15) is 4.98 Å². The van der Waals surface area contributed by atoms with Crippen molar-refractivity contribution in [2.24, 2.45) is 0 Å². The van der Waals surface area contributed by atoms with E-state index in [1.807, 2.05) is 0 Å². The van der Waals surface area contributed by atoms with Gasteiger partial charge < -0.3 is 14.0 Å². The Morgan fingerprint density at radius 1 is 1.24 bits per heavy atom. The van der Waals surface area contributed by atoms with Crippen molar-refractivity contribution in [3.8, 4) is 11.5 Å². The molecular weight excluding hydrogens is 325 g/mol. The summed E-state index contributed by atoms with van der Waals surface area (Å²) in [5.74, 6) is 0.668. The molecule has 2 aromatic heterocycles. The molecule has 0 radical (unpaired) electrons. The third-order valence-corrected chi connectivity index (χ3v) is 4.31. The lowest BCUT2D eigenvalue weighted by Gasteiger charge is -2.23. The molecule has 1 atom stereocenters. The van der Waals surface area contributed by atoms with Gasteiger partial charge >= 0.3 is 0 Å². The molecule has 2 heterocycles. The summed E-state index contributed by atoms with van der Waals surface area (Å²) in [5.41, 5.74) is 1.43. The lowest BCUT2D eigenvalue weighted by molar-refractivity contribution is 0.102. The minimum absolute atomic E-state index is 0.312. The van der Waals surface area contributed by atoms with Crippen LogP contribution in [0.4, 0.5) is 4.39 Å². The van der Waals surface area contributed by atoms with Gasteiger partial charge in [0.25, 0.3) is 5.89 Å². The minimum Gasteiger partial charge on any atom is -0.472 e. The predicted octanol–water partition coefficient (Wildman–Crippen LogP) is 3.17. The van der Waals surface area contributed by atoms with Crippen LogP contribution in [0, 0.1) is 5.82 Å². The normalized spacial score (nSPS) is 15.6. The van der Waals surface area contributed by atoms with Crippen molar-refractivity contribution in [2.45, 2.75) is 31.5 Å². The lowest BCUT2D eigenvalue weighted by Crippen LogP contribution is -2.30. The molecule has 1 N–H and O–H groups in total. The molecule has 1 aromatic carbocycles. The maximum Gasteiger partial charge on any atom is 0.261 e. The molecule has 0 aliphatic heterocycles. The van der Waals surface area contributed by atoms with Crippen molar-refractivity contribution in [3.63, 3.8) is 0 Å². The van der Waals surface area contributed by atoms with Crippen LogP contribution < -0.4 is 0 Å². The van der Waals surface area contributed by atoms with E-state index in [9.17, 15) is 9.50 Å². The molecule has 1 unspecified atom stereocenters. The molecule has 0 spiro atoms. The summed E-state index contributed by atoms with van der Waals surface area (Å²) < 4.78 is 23.3. The number of halogens is 1. The summed E-state index contributed by atoms with van der Waals surface area (Å²) in [4.78, 5) is 6.52. The molecule has 0 amide bonds. The number of hydrogen-bond donors (Lipinski definition) is 1. The monoisotopic (exact) mass is 343 g/mol. The van der Waals surface area contributed by atoms with E-state index in [0.717, 1.165) is 18.4 Å². The molecule has 4 rings (SSSR count). The fraction of sp³-hybridized carbons (Fsp3) is 0.333. The number of aromatic nitrogens is 2. The number of hydrogen-bond acceptors (Lipinski definition) is 6. The van der Waals surface area contributed by atoms with Crippen LogP contribution in [0.3, 0.4) is 0 Å². The minimum atomic E-state index is -0.693. The first-order valence-electron chi connectivity index (χ1n) is 8.22. The maximum absolute atomic E-state index is 13.0. The van der Waals surface area contributed by atoms with Crippen LogP contribution in [0.5, 0.6) is 0 Å². The van der Waals surface area contributed by atoms with Crippen LogP contribution >= 0.6 is 0 Å². The summed E-state index contributed by atoms with van der Waals surface area (Å²) in [6, 6.07) is 8.10. The number of nitrogens with zero attached hydrogens (tertiary/aromatic N) is 3. The Labute approximate surface area is 143 Å². The van der Waals surface area contributed by atoms with E-state index in [1.54, 1.807) is 30.7 Å². The van der Waals surface area contributed by atoms with E-state index in [2.05, 4.69) is 15.0 Å². The summed E-state index contributed by atoms with van der Waals surface area (Å²) in [6.45, 7) is 0.927. The summed E-state index contributed by atoms with van der Waals surface area (Å²) >= 11 is 0. The number of furan rings is 1. The molecule has 3 aromatic rings. The number of benzene rings is 1. The zero-order chi connectivity index (χ0) is 17.2. The van der Waals surface area contributed by atoms with Crippen molar-refractivity contribution in [1.29, 1.82) is 0 Å². The second-order valence-electron chi connectivity index (χ2n) is 6.26. The number of rotatable bonds is 7. The Kier molecular flexibility index (Phi) is 4.33. The van der Waals surface area contributed by atoms with Crippen molar-refractivity contribution < 1.29 is 18.4 Å².